The number of hydrogen-bond acceptors (Lipinski definition) is 3. The summed E-state index contributed by atoms with van der Waals surface area (Å²) >= 11 is 0. The molecule has 1 aromatic rings. The smallest absolute Gasteiger partial charge is 0.244 e. The lowest BCUT2D eigenvalue weighted by Gasteiger charge is -2.33. The van der Waals surface area contributed by atoms with E-state index < -0.39 is 0 Å². The largest absolute Gasteiger partial charge is 0.326 e. The molecule has 1 aliphatic heterocycles. The van der Waals surface area contributed by atoms with E-state index in [0.29, 0.717) is 0 Å². The minimum absolute atomic E-state index is 0.0943. The number of nitrogens with one attached hydrogen (secondary N) is 2. The van der Waals surface area contributed by atoms with Crippen molar-refractivity contribution >= 4 is 23.2 Å². The Hall–Kier alpha value is -1.88. The molecule has 114 valence electrons. The molecule has 1 saturated heterocycles. The molecular formula is C16H23N3O2. The number of anilines is 2. The average Bonchev–Trinajstić information content (AvgIpc) is 2.46. The van der Waals surface area contributed by atoms with Crippen LogP contribution in [0, 0.1) is 0 Å². The Labute approximate surface area is 125 Å². The van der Waals surface area contributed by atoms with Gasteiger partial charge in [0.25, 0.3) is 0 Å². The summed E-state index contributed by atoms with van der Waals surface area (Å²) in [5.74, 6) is 0.00860. The number of piperidine rings is 1. The predicted octanol–water partition coefficient (Wildman–Crippen LogP) is 2.14. The van der Waals surface area contributed by atoms with E-state index in [4.69, 9.17) is 0 Å². The van der Waals surface area contributed by atoms with Crippen LogP contribution >= 0.6 is 0 Å². The summed E-state index contributed by atoms with van der Waals surface area (Å²) in [7, 11) is 0. The van der Waals surface area contributed by atoms with Crippen LogP contribution < -0.4 is 15.5 Å². The van der Waals surface area contributed by atoms with Gasteiger partial charge in [-0.3, -0.25) is 9.59 Å². The average molecular weight is 289 g/mol. The lowest BCUT2D eigenvalue weighted by atomic mass is 10.0. The van der Waals surface area contributed by atoms with Crippen molar-refractivity contribution < 1.29 is 9.59 Å². The quantitative estimate of drug-likeness (QED) is 0.873. The normalized spacial score (nSPS) is 18.7. The van der Waals surface area contributed by atoms with Gasteiger partial charge in [-0.1, -0.05) is 13.0 Å². The second-order valence-corrected chi connectivity index (χ2v) is 5.37. The van der Waals surface area contributed by atoms with Gasteiger partial charge in [-0.05, 0) is 44.0 Å². The van der Waals surface area contributed by atoms with E-state index in [1.54, 1.807) is 0 Å². The van der Waals surface area contributed by atoms with Crippen molar-refractivity contribution in [3.8, 4) is 0 Å². The third kappa shape index (κ3) is 4.04. The molecule has 0 spiro atoms. The minimum atomic E-state index is -0.111. The fraction of sp³-hybridized carbons (Fsp3) is 0.500. The summed E-state index contributed by atoms with van der Waals surface area (Å²) in [6, 6.07) is 7.35. The van der Waals surface area contributed by atoms with Crippen molar-refractivity contribution in [1.29, 1.82) is 0 Å². The molecule has 2 rings (SSSR count). The first kappa shape index (κ1) is 15.5. The molecule has 21 heavy (non-hydrogen) atoms. The van der Waals surface area contributed by atoms with Gasteiger partial charge >= 0.3 is 0 Å². The molecule has 1 atom stereocenters. The first-order valence-corrected chi connectivity index (χ1v) is 7.54. The van der Waals surface area contributed by atoms with Crippen LogP contribution in [0.3, 0.4) is 0 Å². The van der Waals surface area contributed by atoms with Crippen LogP contribution in [0.5, 0.6) is 0 Å². The number of rotatable bonds is 5. The Balaban J connectivity index is 2.12. The van der Waals surface area contributed by atoms with Crippen molar-refractivity contribution in [2.75, 3.05) is 23.3 Å². The van der Waals surface area contributed by atoms with E-state index >= 15 is 0 Å². The van der Waals surface area contributed by atoms with Crippen molar-refractivity contribution in [3.63, 3.8) is 0 Å². The zero-order valence-corrected chi connectivity index (χ0v) is 12.7. The van der Waals surface area contributed by atoms with Crippen LogP contribution in [-0.4, -0.2) is 30.9 Å². The van der Waals surface area contributed by atoms with Gasteiger partial charge in [0.1, 0.15) is 0 Å². The molecule has 0 bridgehead atoms. The summed E-state index contributed by atoms with van der Waals surface area (Å²) in [4.78, 5) is 25.5. The maximum absolute atomic E-state index is 12.5. The monoisotopic (exact) mass is 289 g/mol. The van der Waals surface area contributed by atoms with E-state index in [2.05, 4.69) is 17.6 Å². The minimum Gasteiger partial charge on any atom is -0.326 e. The number of nitrogens with zero attached hydrogens (tertiary/aromatic N) is 1. The molecule has 1 aromatic carbocycles. The molecule has 1 fully saturated rings. The highest BCUT2D eigenvalue weighted by molar-refractivity contribution is 5.99. The predicted molar refractivity (Wildman–Crippen MR) is 84.4 cm³/mol. The highest BCUT2D eigenvalue weighted by Gasteiger charge is 2.29. The standard InChI is InChI=1S/C16H23N3O2/c1-3-9-17-15-8-5-10-19(16(15)21)14-7-4-6-13(11-14)18-12(2)20/h4,6-7,11,15,17H,3,5,8-10H2,1-2H3,(H,18,20). The van der Waals surface area contributed by atoms with Crippen LogP contribution in [0.15, 0.2) is 24.3 Å². The molecule has 0 aromatic heterocycles. The molecule has 5 heteroatoms. The topological polar surface area (TPSA) is 61.4 Å². The lowest BCUT2D eigenvalue weighted by molar-refractivity contribution is -0.121. The SMILES string of the molecule is CCCNC1CCCN(c2cccc(NC(C)=O)c2)C1=O. The molecule has 1 aliphatic rings. The Kier molecular flexibility index (Phi) is 5.33. The van der Waals surface area contributed by atoms with Crippen LogP contribution in [0.25, 0.3) is 0 Å². The van der Waals surface area contributed by atoms with Gasteiger partial charge in [0.2, 0.25) is 11.8 Å². The molecule has 1 heterocycles. The van der Waals surface area contributed by atoms with E-state index in [1.165, 1.54) is 6.92 Å². The number of amides is 2. The van der Waals surface area contributed by atoms with Crippen LogP contribution in [0.1, 0.15) is 33.1 Å². The summed E-state index contributed by atoms with van der Waals surface area (Å²) in [5.41, 5.74) is 1.56. The van der Waals surface area contributed by atoms with Gasteiger partial charge in [0.05, 0.1) is 6.04 Å². The summed E-state index contributed by atoms with van der Waals surface area (Å²) in [5, 5.41) is 6.06. The Morgan fingerprint density at radius 1 is 1.43 bits per heavy atom. The first-order chi connectivity index (χ1) is 10.1. The Morgan fingerprint density at radius 3 is 2.95 bits per heavy atom. The van der Waals surface area contributed by atoms with Gasteiger partial charge in [-0.25, -0.2) is 0 Å². The van der Waals surface area contributed by atoms with Crippen LogP contribution in [-0.2, 0) is 9.59 Å². The highest BCUT2D eigenvalue weighted by atomic mass is 16.2. The van der Waals surface area contributed by atoms with Gasteiger partial charge in [-0.2, -0.15) is 0 Å². The molecule has 1 unspecified atom stereocenters. The molecule has 0 saturated carbocycles. The Morgan fingerprint density at radius 2 is 2.24 bits per heavy atom. The first-order valence-electron chi connectivity index (χ1n) is 7.54. The third-order valence-corrected chi connectivity index (χ3v) is 3.56. The summed E-state index contributed by atoms with van der Waals surface area (Å²) in [6.07, 6.45) is 2.89. The van der Waals surface area contributed by atoms with E-state index in [9.17, 15) is 9.59 Å². The third-order valence-electron chi connectivity index (χ3n) is 3.56. The fourth-order valence-electron chi connectivity index (χ4n) is 2.59. The molecule has 5 nitrogen and oxygen atoms in total. The highest BCUT2D eigenvalue weighted by Crippen LogP contribution is 2.24. The van der Waals surface area contributed by atoms with Crippen molar-refractivity contribution in [2.24, 2.45) is 0 Å². The van der Waals surface area contributed by atoms with Crippen LogP contribution in [0.4, 0.5) is 11.4 Å². The van der Waals surface area contributed by atoms with E-state index in [1.807, 2.05) is 29.2 Å². The molecule has 0 radical (unpaired) electrons. The summed E-state index contributed by atoms with van der Waals surface area (Å²) in [6.45, 7) is 5.15. The van der Waals surface area contributed by atoms with E-state index in [0.717, 1.165) is 43.7 Å². The second-order valence-electron chi connectivity index (χ2n) is 5.37. The molecular weight excluding hydrogens is 266 g/mol. The maximum atomic E-state index is 12.5. The molecule has 0 aliphatic carbocycles. The summed E-state index contributed by atoms with van der Waals surface area (Å²) < 4.78 is 0. The number of benzene rings is 1. The molecule has 2 N–H and O–H groups in total. The van der Waals surface area contributed by atoms with E-state index in [-0.39, 0.29) is 17.9 Å². The van der Waals surface area contributed by atoms with Gasteiger partial charge in [-0.15, -0.1) is 0 Å². The van der Waals surface area contributed by atoms with Gasteiger partial charge in [0.15, 0.2) is 0 Å². The molecule has 2 amide bonds. The van der Waals surface area contributed by atoms with Gasteiger partial charge in [0, 0.05) is 24.8 Å². The van der Waals surface area contributed by atoms with Gasteiger partial charge < -0.3 is 15.5 Å². The van der Waals surface area contributed by atoms with Crippen molar-refractivity contribution in [1.82, 2.24) is 5.32 Å². The lowest BCUT2D eigenvalue weighted by Crippen LogP contribution is -2.51. The fourth-order valence-corrected chi connectivity index (χ4v) is 2.59. The number of hydrogen-bond donors (Lipinski definition) is 2. The van der Waals surface area contributed by atoms with Crippen molar-refractivity contribution in [2.45, 2.75) is 39.2 Å². The zero-order chi connectivity index (χ0) is 15.2. The maximum Gasteiger partial charge on any atom is 0.244 e. The van der Waals surface area contributed by atoms with Crippen LogP contribution in [0.2, 0.25) is 0 Å². The number of carbonyl (C=O) groups is 2. The zero-order valence-electron chi connectivity index (χ0n) is 12.7. The second kappa shape index (κ2) is 7.22. The number of carbonyl (C=O) groups excluding carboxylic acids is 2. The Bertz CT molecular complexity index is 516. The van der Waals surface area contributed by atoms with Crippen molar-refractivity contribution in [3.05, 3.63) is 24.3 Å².